The van der Waals surface area contributed by atoms with E-state index in [0.717, 1.165) is 78.5 Å². The van der Waals surface area contributed by atoms with E-state index < -0.39 is 0 Å². The first-order valence-corrected chi connectivity index (χ1v) is 35.0. The van der Waals surface area contributed by atoms with Crippen molar-refractivity contribution in [2.75, 3.05) is 0 Å². The summed E-state index contributed by atoms with van der Waals surface area (Å²) < 4.78 is 4.65. The average Bonchev–Trinajstić information content (AvgIpc) is 1.10. The number of rotatable bonds is 11. The molecule has 20 rings (SSSR count). The standard InChI is InChI=1S/C98H62N4/c1-2-22-71(23-3-1)97-100-90-59-54-75(62-92(90)102(97)78-57-52-70(53-58-78)96-85-33-12-8-29-81(85)93(82-30-9-13-34-86(82)96)67-45-40-64(41-46-67)74-49-42-63-20-4-5-24-72(63)60-74)73-26-18-27-76(61-73)98-99-89-38-16-17-39-91(89)101(98)77-55-50-69(51-56-77)95-87-35-14-10-31-83(87)94(84-32-11-15-36-88(84)95)68-47-43-66(44-48-68)80-37-19-25-65-21-6-7-28-79(65)80/h1-62H. The molecule has 4 nitrogen and oxygen atoms in total. The van der Waals surface area contributed by atoms with Gasteiger partial charge in [0.15, 0.2) is 0 Å². The van der Waals surface area contributed by atoms with Gasteiger partial charge in [-0.15, -0.1) is 0 Å². The lowest BCUT2D eigenvalue weighted by atomic mass is 9.85. The van der Waals surface area contributed by atoms with Crippen LogP contribution in [0, 0.1) is 0 Å². The molecular weight excluding hydrogens is 1230 g/mol. The molecule has 20 aromatic rings. The van der Waals surface area contributed by atoms with Gasteiger partial charge in [0, 0.05) is 22.5 Å². The highest BCUT2D eigenvalue weighted by Crippen LogP contribution is 2.48. The molecule has 0 aliphatic rings. The van der Waals surface area contributed by atoms with Crippen molar-refractivity contribution < 1.29 is 0 Å². The summed E-state index contributed by atoms with van der Waals surface area (Å²) in [5.41, 5.74) is 24.7. The Hall–Kier alpha value is -13.5. The molecule has 0 bridgehead atoms. The fourth-order valence-corrected chi connectivity index (χ4v) is 16.2. The van der Waals surface area contributed by atoms with Gasteiger partial charge in [-0.3, -0.25) is 9.13 Å². The highest BCUT2D eigenvalue weighted by molar-refractivity contribution is 6.23. The Bertz CT molecular complexity index is 6580. The van der Waals surface area contributed by atoms with E-state index in [4.69, 9.17) is 9.97 Å². The molecule has 0 radical (unpaired) electrons. The van der Waals surface area contributed by atoms with Gasteiger partial charge in [-0.1, -0.05) is 315 Å². The van der Waals surface area contributed by atoms with Crippen LogP contribution in [0.5, 0.6) is 0 Å². The van der Waals surface area contributed by atoms with Gasteiger partial charge in [-0.2, -0.15) is 0 Å². The van der Waals surface area contributed by atoms with Gasteiger partial charge >= 0.3 is 0 Å². The van der Waals surface area contributed by atoms with Gasteiger partial charge in [0.05, 0.1) is 22.1 Å². The third kappa shape index (κ3) is 9.83. The van der Waals surface area contributed by atoms with E-state index in [0.29, 0.717) is 0 Å². The second-order valence-corrected chi connectivity index (χ2v) is 26.7. The van der Waals surface area contributed by atoms with Crippen LogP contribution in [-0.4, -0.2) is 19.1 Å². The normalized spacial score (nSPS) is 11.7. The summed E-state index contributed by atoms with van der Waals surface area (Å²) in [6, 6.07) is 137. The zero-order valence-corrected chi connectivity index (χ0v) is 55.6. The first-order chi connectivity index (χ1) is 50.6. The number of benzene rings is 18. The second-order valence-electron chi connectivity index (χ2n) is 26.7. The predicted molar refractivity (Wildman–Crippen MR) is 430 cm³/mol. The van der Waals surface area contributed by atoms with Gasteiger partial charge in [-0.05, 0) is 203 Å². The fraction of sp³-hybridized carbons (Fsp3) is 0. The van der Waals surface area contributed by atoms with E-state index in [9.17, 15) is 0 Å². The Balaban J connectivity index is 0.648. The highest BCUT2D eigenvalue weighted by Gasteiger charge is 2.23. The second kappa shape index (κ2) is 24.2. The summed E-state index contributed by atoms with van der Waals surface area (Å²) in [5, 5.41) is 14.8. The van der Waals surface area contributed by atoms with Gasteiger partial charge in [0.2, 0.25) is 0 Å². The maximum Gasteiger partial charge on any atom is 0.145 e. The summed E-state index contributed by atoms with van der Waals surface area (Å²) in [7, 11) is 0. The number of para-hydroxylation sites is 2. The van der Waals surface area contributed by atoms with E-state index in [2.05, 4.69) is 385 Å². The zero-order valence-electron chi connectivity index (χ0n) is 55.6. The zero-order chi connectivity index (χ0) is 67.2. The Labute approximate surface area is 590 Å². The fourth-order valence-electron chi connectivity index (χ4n) is 16.2. The topological polar surface area (TPSA) is 35.6 Å². The van der Waals surface area contributed by atoms with Gasteiger partial charge in [0.25, 0.3) is 0 Å². The lowest BCUT2D eigenvalue weighted by molar-refractivity contribution is 1.10. The first-order valence-electron chi connectivity index (χ1n) is 35.0. The van der Waals surface area contributed by atoms with Crippen LogP contribution in [0.15, 0.2) is 376 Å². The van der Waals surface area contributed by atoms with Crippen LogP contribution in [0.1, 0.15) is 0 Å². The van der Waals surface area contributed by atoms with E-state index in [-0.39, 0.29) is 0 Å². The van der Waals surface area contributed by atoms with Crippen molar-refractivity contribution in [1.82, 2.24) is 19.1 Å². The van der Waals surface area contributed by atoms with Crippen molar-refractivity contribution in [3.05, 3.63) is 376 Å². The summed E-state index contributed by atoms with van der Waals surface area (Å²) in [6.07, 6.45) is 0. The summed E-state index contributed by atoms with van der Waals surface area (Å²) in [4.78, 5) is 10.8. The Kier molecular flexibility index (Phi) is 13.9. The van der Waals surface area contributed by atoms with Crippen molar-refractivity contribution in [3.63, 3.8) is 0 Å². The van der Waals surface area contributed by atoms with Crippen molar-refractivity contribution in [2.24, 2.45) is 0 Å². The molecule has 0 unspecified atom stereocenters. The molecule has 0 fully saturated rings. The summed E-state index contributed by atoms with van der Waals surface area (Å²) in [6.45, 7) is 0. The molecule has 0 aliphatic carbocycles. The molecule has 2 heterocycles. The highest BCUT2D eigenvalue weighted by atomic mass is 15.1. The van der Waals surface area contributed by atoms with Crippen molar-refractivity contribution in [1.29, 1.82) is 0 Å². The number of hydrogen-bond donors (Lipinski definition) is 0. The average molecular weight is 1300 g/mol. The largest absolute Gasteiger partial charge is 0.292 e. The molecule has 0 amide bonds. The molecular formula is C98H62N4. The molecule has 0 saturated carbocycles. The molecule has 0 spiro atoms. The molecule has 0 N–H and O–H groups in total. The first kappa shape index (κ1) is 58.6. The molecule has 4 heteroatoms. The third-order valence-electron chi connectivity index (χ3n) is 20.9. The molecule has 0 aliphatic heterocycles. The molecule has 0 atom stereocenters. The quantitative estimate of drug-likeness (QED) is 0.121. The molecule has 2 aromatic heterocycles. The SMILES string of the molecule is c1ccc(-c2nc3ccc(-c4cccc(-c5nc6ccccc6n5-c5ccc(-c6c7ccccc7c(-c7ccc(-c8cccc9ccccc89)cc7)c7ccccc67)cc5)c4)cc3n2-c2ccc(-c3c4ccccc4c(-c4ccc(-c5ccc6ccccc6c5)cc4)c4ccccc34)cc2)cc1. The maximum atomic E-state index is 5.42. The lowest BCUT2D eigenvalue weighted by Gasteiger charge is -2.18. The minimum atomic E-state index is 0.872. The third-order valence-corrected chi connectivity index (χ3v) is 20.9. The molecule has 102 heavy (non-hydrogen) atoms. The number of hydrogen-bond acceptors (Lipinski definition) is 2. The monoisotopic (exact) mass is 1290 g/mol. The van der Waals surface area contributed by atoms with Crippen molar-refractivity contribution in [2.45, 2.75) is 0 Å². The molecule has 18 aromatic carbocycles. The Morgan fingerprint density at radius 1 is 0.176 bits per heavy atom. The van der Waals surface area contributed by atoms with Crippen LogP contribution < -0.4 is 0 Å². The number of fused-ring (bicyclic) bond motifs is 8. The van der Waals surface area contributed by atoms with E-state index in [1.54, 1.807) is 0 Å². The smallest absolute Gasteiger partial charge is 0.145 e. The van der Waals surface area contributed by atoms with Crippen LogP contribution in [0.2, 0.25) is 0 Å². The maximum absolute atomic E-state index is 5.42. The Morgan fingerprint density at radius 3 is 1.09 bits per heavy atom. The van der Waals surface area contributed by atoms with Crippen LogP contribution in [0.4, 0.5) is 0 Å². The molecule has 474 valence electrons. The summed E-state index contributed by atoms with van der Waals surface area (Å²) in [5.74, 6) is 1.75. The van der Waals surface area contributed by atoms with Crippen LogP contribution >= 0.6 is 0 Å². The summed E-state index contributed by atoms with van der Waals surface area (Å²) >= 11 is 0. The lowest BCUT2D eigenvalue weighted by Crippen LogP contribution is -1.98. The number of nitrogens with zero attached hydrogens (tertiary/aromatic N) is 4. The minimum Gasteiger partial charge on any atom is -0.292 e. The van der Waals surface area contributed by atoms with E-state index in [1.807, 2.05) is 0 Å². The predicted octanol–water partition coefficient (Wildman–Crippen LogP) is 26.3. The van der Waals surface area contributed by atoms with Crippen molar-refractivity contribution >= 4 is 86.7 Å². The van der Waals surface area contributed by atoms with Gasteiger partial charge in [0.1, 0.15) is 11.6 Å². The molecule has 0 saturated heterocycles. The van der Waals surface area contributed by atoms with E-state index >= 15 is 0 Å². The number of imidazole rings is 2. The number of aromatic nitrogens is 4. The minimum absolute atomic E-state index is 0.872. The van der Waals surface area contributed by atoms with Crippen LogP contribution in [0.3, 0.4) is 0 Å². The van der Waals surface area contributed by atoms with Gasteiger partial charge < -0.3 is 0 Å². The van der Waals surface area contributed by atoms with Crippen LogP contribution in [0.25, 0.3) is 199 Å². The Morgan fingerprint density at radius 2 is 0.529 bits per heavy atom. The van der Waals surface area contributed by atoms with Crippen LogP contribution in [-0.2, 0) is 0 Å². The van der Waals surface area contributed by atoms with Gasteiger partial charge in [-0.25, -0.2) is 9.97 Å². The van der Waals surface area contributed by atoms with E-state index in [1.165, 1.54) is 120 Å². The van der Waals surface area contributed by atoms with Crippen molar-refractivity contribution in [3.8, 4) is 112 Å².